The van der Waals surface area contributed by atoms with Crippen molar-refractivity contribution in [1.82, 2.24) is 9.80 Å². The second kappa shape index (κ2) is 7.99. The lowest BCUT2D eigenvalue weighted by Crippen LogP contribution is -2.45. The predicted molar refractivity (Wildman–Crippen MR) is 88.9 cm³/mol. The van der Waals surface area contributed by atoms with Crippen molar-refractivity contribution >= 4 is 5.91 Å². The third-order valence-corrected chi connectivity index (χ3v) is 4.26. The highest BCUT2D eigenvalue weighted by atomic mass is 16.5. The van der Waals surface area contributed by atoms with Crippen LogP contribution in [0.3, 0.4) is 0 Å². The van der Waals surface area contributed by atoms with Crippen LogP contribution in [-0.4, -0.2) is 48.5 Å². The van der Waals surface area contributed by atoms with Crippen LogP contribution in [0.15, 0.2) is 36.9 Å². The zero-order valence-corrected chi connectivity index (χ0v) is 13.6. The average Bonchev–Trinajstić information content (AvgIpc) is 3.08. The number of carbonyl (C=O) groups excluding carboxylic acids is 1. The average molecular weight is 302 g/mol. The molecule has 1 aliphatic heterocycles. The number of amides is 1. The summed E-state index contributed by atoms with van der Waals surface area (Å²) in [5.41, 5.74) is 1.02. The Balaban J connectivity index is 2.11. The molecular formula is C18H26N2O2. The highest BCUT2D eigenvalue weighted by Gasteiger charge is 2.27. The molecule has 2 rings (SSSR count). The van der Waals surface area contributed by atoms with Gasteiger partial charge in [-0.25, -0.2) is 0 Å². The summed E-state index contributed by atoms with van der Waals surface area (Å²) in [6.07, 6.45) is 4.15. The molecule has 0 radical (unpaired) electrons. The Kier molecular flexibility index (Phi) is 6.01. The molecule has 22 heavy (non-hydrogen) atoms. The smallest absolute Gasteiger partial charge is 0.240 e. The summed E-state index contributed by atoms with van der Waals surface area (Å²) in [4.78, 5) is 16.9. The quantitative estimate of drug-likeness (QED) is 0.726. The number of hydrogen-bond acceptors (Lipinski definition) is 3. The van der Waals surface area contributed by atoms with Gasteiger partial charge in [-0.3, -0.25) is 9.69 Å². The molecule has 1 saturated heterocycles. The number of para-hydroxylation sites is 1. The van der Waals surface area contributed by atoms with Crippen molar-refractivity contribution in [3.05, 3.63) is 42.5 Å². The van der Waals surface area contributed by atoms with E-state index in [1.165, 1.54) is 12.8 Å². The van der Waals surface area contributed by atoms with Gasteiger partial charge in [-0.2, -0.15) is 0 Å². The Morgan fingerprint density at radius 1 is 1.41 bits per heavy atom. The normalized spacial score (nSPS) is 16.3. The molecule has 0 N–H and O–H groups in total. The van der Waals surface area contributed by atoms with Gasteiger partial charge in [-0.1, -0.05) is 24.3 Å². The molecule has 4 heteroatoms. The van der Waals surface area contributed by atoms with Crippen molar-refractivity contribution in [3.63, 3.8) is 0 Å². The fraction of sp³-hybridized carbons (Fsp3) is 0.500. The Morgan fingerprint density at radius 3 is 2.73 bits per heavy atom. The number of ether oxygens (including phenoxy) is 1. The molecule has 0 spiro atoms. The van der Waals surface area contributed by atoms with Crippen LogP contribution in [0.1, 0.15) is 25.3 Å². The minimum atomic E-state index is -0.0721. The minimum Gasteiger partial charge on any atom is -0.496 e. The maximum atomic E-state index is 12.8. The molecule has 1 atom stereocenters. The predicted octanol–water partition coefficient (Wildman–Crippen LogP) is 2.69. The molecule has 0 aromatic heterocycles. The number of hydrogen-bond donors (Lipinski definition) is 0. The summed E-state index contributed by atoms with van der Waals surface area (Å²) < 4.78 is 5.39. The van der Waals surface area contributed by atoms with Gasteiger partial charge >= 0.3 is 0 Å². The number of benzene rings is 1. The molecule has 1 aromatic rings. The van der Waals surface area contributed by atoms with Gasteiger partial charge in [0.1, 0.15) is 5.75 Å². The van der Waals surface area contributed by atoms with Crippen LogP contribution in [0.25, 0.3) is 0 Å². The van der Waals surface area contributed by atoms with E-state index >= 15 is 0 Å². The molecular weight excluding hydrogens is 276 g/mol. The molecule has 0 aliphatic carbocycles. The molecule has 0 bridgehead atoms. The first-order valence-corrected chi connectivity index (χ1v) is 7.93. The lowest BCUT2D eigenvalue weighted by Gasteiger charge is -2.30. The van der Waals surface area contributed by atoms with Crippen molar-refractivity contribution in [2.45, 2.75) is 32.4 Å². The number of likely N-dealkylation sites (tertiary alicyclic amines) is 1. The minimum absolute atomic E-state index is 0.0721. The van der Waals surface area contributed by atoms with Crippen LogP contribution >= 0.6 is 0 Å². The van der Waals surface area contributed by atoms with Crippen LogP contribution in [0, 0.1) is 0 Å². The van der Waals surface area contributed by atoms with Gasteiger partial charge in [0.05, 0.1) is 13.2 Å². The highest BCUT2D eigenvalue weighted by molar-refractivity contribution is 5.81. The summed E-state index contributed by atoms with van der Waals surface area (Å²) >= 11 is 0. The fourth-order valence-corrected chi connectivity index (χ4v) is 2.98. The molecule has 1 amide bonds. The number of methoxy groups -OCH3 is 1. The molecule has 4 nitrogen and oxygen atoms in total. The van der Waals surface area contributed by atoms with E-state index in [4.69, 9.17) is 4.74 Å². The standard InChI is InChI=1S/C18H26N2O2/c1-4-11-20(14-16-9-5-6-10-17(16)22-3)18(21)15(2)19-12-7-8-13-19/h4-6,9-10,15H,1,7-8,11-14H2,2-3H3/t15-/m1/s1. The number of carbonyl (C=O) groups is 1. The first-order chi connectivity index (χ1) is 10.7. The zero-order chi connectivity index (χ0) is 15.9. The largest absolute Gasteiger partial charge is 0.496 e. The van der Waals surface area contributed by atoms with Gasteiger partial charge in [0.2, 0.25) is 5.91 Å². The monoisotopic (exact) mass is 302 g/mol. The van der Waals surface area contributed by atoms with E-state index in [1.807, 2.05) is 36.1 Å². The Bertz CT molecular complexity index is 510. The Hall–Kier alpha value is -1.81. The fourth-order valence-electron chi connectivity index (χ4n) is 2.98. The van der Waals surface area contributed by atoms with E-state index in [-0.39, 0.29) is 11.9 Å². The number of rotatable bonds is 7. The van der Waals surface area contributed by atoms with Crippen LogP contribution in [-0.2, 0) is 11.3 Å². The molecule has 1 aromatic carbocycles. The van der Waals surface area contributed by atoms with Gasteiger partial charge in [-0.05, 0) is 38.9 Å². The number of nitrogens with zero attached hydrogens (tertiary/aromatic N) is 2. The van der Waals surface area contributed by atoms with E-state index in [0.717, 1.165) is 24.4 Å². The second-order valence-corrected chi connectivity index (χ2v) is 5.74. The van der Waals surface area contributed by atoms with Crippen molar-refractivity contribution in [2.24, 2.45) is 0 Å². The summed E-state index contributed by atoms with van der Waals surface area (Å²) in [5, 5.41) is 0. The summed E-state index contributed by atoms with van der Waals surface area (Å²) in [7, 11) is 1.66. The van der Waals surface area contributed by atoms with Gasteiger partial charge in [-0.15, -0.1) is 6.58 Å². The third-order valence-electron chi connectivity index (χ3n) is 4.26. The van der Waals surface area contributed by atoms with Crippen molar-refractivity contribution < 1.29 is 9.53 Å². The topological polar surface area (TPSA) is 32.8 Å². The molecule has 1 aliphatic rings. The second-order valence-electron chi connectivity index (χ2n) is 5.74. The lowest BCUT2D eigenvalue weighted by atomic mass is 10.1. The first kappa shape index (κ1) is 16.6. The zero-order valence-electron chi connectivity index (χ0n) is 13.6. The Labute approximate surface area is 133 Å². The van der Waals surface area contributed by atoms with Crippen LogP contribution in [0.2, 0.25) is 0 Å². The van der Waals surface area contributed by atoms with Crippen molar-refractivity contribution in [2.75, 3.05) is 26.7 Å². The maximum Gasteiger partial charge on any atom is 0.240 e. The summed E-state index contributed by atoms with van der Waals surface area (Å²) in [6, 6.07) is 7.77. The summed E-state index contributed by atoms with van der Waals surface area (Å²) in [6.45, 7) is 8.93. The van der Waals surface area contributed by atoms with E-state index < -0.39 is 0 Å². The highest BCUT2D eigenvalue weighted by Crippen LogP contribution is 2.21. The van der Waals surface area contributed by atoms with Crippen LogP contribution < -0.4 is 4.74 Å². The Morgan fingerprint density at radius 2 is 2.09 bits per heavy atom. The first-order valence-electron chi connectivity index (χ1n) is 7.93. The third kappa shape index (κ3) is 3.89. The van der Waals surface area contributed by atoms with Gasteiger partial charge in [0.25, 0.3) is 0 Å². The molecule has 120 valence electrons. The van der Waals surface area contributed by atoms with E-state index in [9.17, 15) is 4.79 Å². The van der Waals surface area contributed by atoms with E-state index in [2.05, 4.69) is 11.5 Å². The van der Waals surface area contributed by atoms with E-state index in [1.54, 1.807) is 13.2 Å². The molecule has 1 heterocycles. The van der Waals surface area contributed by atoms with Gasteiger partial charge in [0.15, 0.2) is 0 Å². The lowest BCUT2D eigenvalue weighted by molar-refractivity contribution is -0.136. The van der Waals surface area contributed by atoms with Gasteiger partial charge in [0, 0.05) is 18.7 Å². The van der Waals surface area contributed by atoms with Crippen LogP contribution in [0.4, 0.5) is 0 Å². The summed E-state index contributed by atoms with van der Waals surface area (Å²) in [5.74, 6) is 0.978. The van der Waals surface area contributed by atoms with Crippen molar-refractivity contribution in [3.8, 4) is 5.75 Å². The van der Waals surface area contributed by atoms with Crippen molar-refractivity contribution in [1.29, 1.82) is 0 Å². The molecule has 1 fully saturated rings. The SMILES string of the molecule is C=CCN(Cc1ccccc1OC)C(=O)[C@@H](C)N1CCCC1. The maximum absolute atomic E-state index is 12.8. The van der Waals surface area contributed by atoms with E-state index in [0.29, 0.717) is 13.1 Å². The van der Waals surface area contributed by atoms with Crippen LogP contribution in [0.5, 0.6) is 5.75 Å². The molecule has 0 unspecified atom stereocenters. The van der Waals surface area contributed by atoms with Gasteiger partial charge < -0.3 is 9.64 Å². The molecule has 0 saturated carbocycles.